The van der Waals surface area contributed by atoms with Crippen molar-refractivity contribution >= 4 is 5.97 Å². The molecule has 0 spiro atoms. The molecule has 0 saturated heterocycles. The Kier molecular flexibility index (Phi) is 12.0. The van der Waals surface area contributed by atoms with Crippen molar-refractivity contribution in [2.75, 3.05) is 0 Å². The number of hydrogen-bond acceptors (Lipinski definition) is 3. The quantitative estimate of drug-likeness (QED) is 0.451. The van der Waals surface area contributed by atoms with E-state index in [1.165, 1.54) is 0 Å². The third-order valence-corrected chi connectivity index (χ3v) is 3.36. The summed E-state index contributed by atoms with van der Waals surface area (Å²) in [5, 5.41) is 27.4. The van der Waals surface area contributed by atoms with Gasteiger partial charge in [0.2, 0.25) is 0 Å². The number of aliphatic hydroxyl groups excluding tert-OH is 2. The fraction of sp³-hybridized carbons (Fsp3) is 0.933. The van der Waals surface area contributed by atoms with Crippen LogP contribution in [0.2, 0.25) is 0 Å². The van der Waals surface area contributed by atoms with Crippen molar-refractivity contribution in [2.45, 2.75) is 89.8 Å². The number of aliphatic hydroxyl groups is 2. The molecular formula is C15H30O4. The third-order valence-electron chi connectivity index (χ3n) is 3.36. The van der Waals surface area contributed by atoms with Crippen molar-refractivity contribution in [3.8, 4) is 0 Å². The van der Waals surface area contributed by atoms with E-state index in [0.717, 1.165) is 57.8 Å². The van der Waals surface area contributed by atoms with E-state index in [1.807, 2.05) is 0 Å². The topological polar surface area (TPSA) is 77.8 Å². The van der Waals surface area contributed by atoms with E-state index in [9.17, 15) is 15.0 Å². The predicted molar refractivity (Wildman–Crippen MR) is 76.1 cm³/mol. The predicted octanol–water partition coefficient (Wildman–Crippen LogP) is 3.10. The Morgan fingerprint density at radius 3 is 1.79 bits per heavy atom. The molecule has 4 heteroatoms. The fourth-order valence-corrected chi connectivity index (χ4v) is 2.25. The largest absolute Gasteiger partial charge is 0.481 e. The number of carbonyl (C=O) groups is 1. The molecule has 0 aromatic rings. The highest BCUT2D eigenvalue weighted by Crippen LogP contribution is 2.13. The van der Waals surface area contributed by atoms with Crippen LogP contribution in [-0.4, -0.2) is 33.5 Å². The first kappa shape index (κ1) is 18.4. The Morgan fingerprint density at radius 2 is 1.32 bits per heavy atom. The molecule has 0 aromatic carbocycles. The first-order valence-corrected chi connectivity index (χ1v) is 7.64. The monoisotopic (exact) mass is 274 g/mol. The molecule has 0 amide bonds. The smallest absolute Gasteiger partial charge is 0.305 e. The zero-order valence-electron chi connectivity index (χ0n) is 12.2. The molecule has 0 fully saturated rings. The first-order chi connectivity index (χ1) is 9.06. The van der Waals surface area contributed by atoms with Crippen molar-refractivity contribution in [1.29, 1.82) is 0 Å². The third kappa shape index (κ3) is 13.6. The van der Waals surface area contributed by atoms with E-state index in [4.69, 9.17) is 5.11 Å². The molecule has 0 aliphatic heterocycles. The second-order valence-electron chi connectivity index (χ2n) is 5.39. The van der Waals surface area contributed by atoms with Gasteiger partial charge in [-0.2, -0.15) is 0 Å². The normalized spacial score (nSPS) is 14.3. The van der Waals surface area contributed by atoms with Gasteiger partial charge in [-0.3, -0.25) is 4.79 Å². The number of hydrogen-bond donors (Lipinski definition) is 3. The van der Waals surface area contributed by atoms with E-state index in [1.54, 1.807) is 0 Å². The zero-order valence-corrected chi connectivity index (χ0v) is 12.2. The SMILES string of the molecule is CCCC(O)CCCCCCCCC(O)CC(=O)O. The van der Waals surface area contributed by atoms with Gasteiger partial charge in [-0.15, -0.1) is 0 Å². The molecule has 114 valence electrons. The summed E-state index contributed by atoms with van der Waals surface area (Å²) < 4.78 is 0. The lowest BCUT2D eigenvalue weighted by atomic mass is 10.0. The van der Waals surface area contributed by atoms with Gasteiger partial charge >= 0.3 is 5.97 Å². The lowest BCUT2D eigenvalue weighted by molar-refractivity contribution is -0.139. The van der Waals surface area contributed by atoms with E-state index in [0.29, 0.717) is 6.42 Å². The van der Waals surface area contributed by atoms with Crippen LogP contribution in [-0.2, 0) is 4.79 Å². The summed E-state index contributed by atoms with van der Waals surface area (Å²) in [4.78, 5) is 10.3. The number of carboxylic acids is 1. The maximum atomic E-state index is 10.3. The zero-order chi connectivity index (χ0) is 14.5. The van der Waals surface area contributed by atoms with Crippen LogP contribution < -0.4 is 0 Å². The van der Waals surface area contributed by atoms with E-state index >= 15 is 0 Å². The summed E-state index contributed by atoms with van der Waals surface area (Å²) >= 11 is 0. The van der Waals surface area contributed by atoms with Crippen molar-refractivity contribution in [3.63, 3.8) is 0 Å². The van der Waals surface area contributed by atoms with Gasteiger partial charge in [-0.05, 0) is 19.3 Å². The number of carboxylic acid groups (broad SMARTS) is 1. The molecule has 3 N–H and O–H groups in total. The van der Waals surface area contributed by atoms with Crippen LogP contribution in [0.1, 0.15) is 77.6 Å². The molecular weight excluding hydrogens is 244 g/mol. The van der Waals surface area contributed by atoms with Gasteiger partial charge in [0.1, 0.15) is 0 Å². The highest BCUT2D eigenvalue weighted by molar-refractivity contribution is 5.67. The van der Waals surface area contributed by atoms with Gasteiger partial charge < -0.3 is 15.3 Å². The van der Waals surface area contributed by atoms with Gasteiger partial charge in [0.15, 0.2) is 0 Å². The minimum Gasteiger partial charge on any atom is -0.481 e. The second-order valence-corrected chi connectivity index (χ2v) is 5.39. The van der Waals surface area contributed by atoms with Crippen LogP contribution in [0.3, 0.4) is 0 Å². The minimum atomic E-state index is -0.932. The summed E-state index contributed by atoms with van der Waals surface area (Å²) in [5.41, 5.74) is 0. The van der Waals surface area contributed by atoms with Crippen LogP contribution in [0.15, 0.2) is 0 Å². The van der Waals surface area contributed by atoms with Crippen molar-refractivity contribution < 1.29 is 20.1 Å². The average Bonchev–Trinajstić information content (AvgIpc) is 2.32. The minimum absolute atomic E-state index is 0.129. The number of rotatable bonds is 13. The maximum Gasteiger partial charge on any atom is 0.305 e. The highest BCUT2D eigenvalue weighted by atomic mass is 16.4. The van der Waals surface area contributed by atoms with E-state index in [2.05, 4.69) is 6.92 Å². The molecule has 0 heterocycles. The Bertz CT molecular complexity index is 218. The maximum absolute atomic E-state index is 10.3. The lowest BCUT2D eigenvalue weighted by Gasteiger charge is -2.09. The van der Waals surface area contributed by atoms with E-state index in [-0.39, 0.29) is 12.5 Å². The van der Waals surface area contributed by atoms with Crippen LogP contribution in [0.25, 0.3) is 0 Å². The fourth-order valence-electron chi connectivity index (χ4n) is 2.25. The van der Waals surface area contributed by atoms with Crippen LogP contribution in [0.5, 0.6) is 0 Å². The average molecular weight is 274 g/mol. The van der Waals surface area contributed by atoms with Gasteiger partial charge in [0, 0.05) is 0 Å². The number of aliphatic carboxylic acids is 1. The Labute approximate surface area is 116 Å². The van der Waals surface area contributed by atoms with Crippen molar-refractivity contribution in [3.05, 3.63) is 0 Å². The van der Waals surface area contributed by atoms with Crippen LogP contribution >= 0.6 is 0 Å². The summed E-state index contributed by atoms with van der Waals surface area (Å²) in [6, 6.07) is 0. The summed E-state index contributed by atoms with van der Waals surface area (Å²) in [5.74, 6) is -0.932. The van der Waals surface area contributed by atoms with Gasteiger partial charge in [-0.25, -0.2) is 0 Å². The second kappa shape index (κ2) is 12.4. The van der Waals surface area contributed by atoms with Gasteiger partial charge in [-0.1, -0.05) is 51.9 Å². The molecule has 0 saturated carbocycles. The standard InChI is InChI=1S/C15H30O4/c1-2-9-13(16)10-7-5-3-4-6-8-11-14(17)12-15(18)19/h13-14,16-17H,2-12H2,1H3,(H,18,19). The molecule has 4 nitrogen and oxygen atoms in total. The summed E-state index contributed by atoms with van der Waals surface area (Å²) in [7, 11) is 0. The molecule has 2 unspecified atom stereocenters. The number of unbranched alkanes of at least 4 members (excludes halogenated alkanes) is 5. The summed E-state index contributed by atoms with van der Waals surface area (Å²) in [6.45, 7) is 2.09. The van der Waals surface area contributed by atoms with E-state index < -0.39 is 12.1 Å². The molecule has 19 heavy (non-hydrogen) atoms. The van der Waals surface area contributed by atoms with Gasteiger partial charge in [0.25, 0.3) is 0 Å². The highest BCUT2D eigenvalue weighted by Gasteiger charge is 2.08. The molecule has 0 aromatic heterocycles. The van der Waals surface area contributed by atoms with Gasteiger partial charge in [0.05, 0.1) is 18.6 Å². The lowest BCUT2D eigenvalue weighted by Crippen LogP contribution is -2.12. The summed E-state index contributed by atoms with van der Waals surface area (Å²) in [6.07, 6.45) is 8.95. The van der Waals surface area contributed by atoms with Crippen LogP contribution in [0.4, 0.5) is 0 Å². The Morgan fingerprint density at radius 1 is 0.842 bits per heavy atom. The molecule has 0 radical (unpaired) electrons. The van der Waals surface area contributed by atoms with Crippen molar-refractivity contribution in [1.82, 2.24) is 0 Å². The molecule has 0 rings (SSSR count). The molecule has 0 aliphatic carbocycles. The Balaban J connectivity index is 3.21. The molecule has 2 atom stereocenters. The van der Waals surface area contributed by atoms with Crippen molar-refractivity contribution in [2.24, 2.45) is 0 Å². The Hall–Kier alpha value is -0.610. The van der Waals surface area contributed by atoms with Crippen LogP contribution in [0, 0.1) is 0 Å². The first-order valence-electron chi connectivity index (χ1n) is 7.64. The molecule has 0 aliphatic rings. The molecule has 0 bridgehead atoms.